The maximum absolute atomic E-state index is 12.0. The first-order chi connectivity index (χ1) is 15.3. The van der Waals surface area contributed by atoms with Crippen molar-refractivity contribution in [3.8, 4) is 5.75 Å². The second kappa shape index (κ2) is 13.1. The molecule has 0 amide bonds. The Kier molecular flexibility index (Phi) is 10.5. The molecular formula is C28H39NO3. The molecule has 1 aromatic rings. The van der Waals surface area contributed by atoms with E-state index in [1.165, 1.54) is 41.5 Å². The molecule has 1 aliphatic heterocycles. The second-order valence-corrected chi connectivity index (χ2v) is 8.62. The van der Waals surface area contributed by atoms with Gasteiger partial charge in [0, 0.05) is 12.6 Å². The van der Waals surface area contributed by atoms with Gasteiger partial charge in [-0.2, -0.15) is 0 Å². The van der Waals surface area contributed by atoms with Crippen LogP contribution in [-0.4, -0.2) is 44.2 Å². The van der Waals surface area contributed by atoms with Gasteiger partial charge in [0.25, 0.3) is 0 Å². The van der Waals surface area contributed by atoms with E-state index in [1.807, 2.05) is 25.2 Å². The molecule has 4 nitrogen and oxygen atoms in total. The van der Waals surface area contributed by atoms with Gasteiger partial charge >= 0.3 is 5.97 Å². The summed E-state index contributed by atoms with van der Waals surface area (Å²) in [5.41, 5.74) is 6.83. The van der Waals surface area contributed by atoms with Gasteiger partial charge in [-0.1, -0.05) is 42.4 Å². The van der Waals surface area contributed by atoms with E-state index < -0.39 is 0 Å². The van der Waals surface area contributed by atoms with Crippen LogP contribution in [0.3, 0.4) is 0 Å². The zero-order valence-corrected chi connectivity index (χ0v) is 20.7. The molecule has 0 spiro atoms. The van der Waals surface area contributed by atoms with E-state index in [0.29, 0.717) is 6.61 Å². The summed E-state index contributed by atoms with van der Waals surface area (Å²) in [6, 6.07) is 2.08. The highest BCUT2D eigenvalue weighted by Crippen LogP contribution is 2.28. The molecule has 0 N–H and O–H groups in total. The van der Waals surface area contributed by atoms with Crippen molar-refractivity contribution in [3.05, 3.63) is 69.8 Å². The van der Waals surface area contributed by atoms with Crippen LogP contribution in [0.4, 0.5) is 0 Å². The Morgan fingerprint density at radius 3 is 2.44 bits per heavy atom. The van der Waals surface area contributed by atoms with Crippen molar-refractivity contribution in [1.82, 2.24) is 4.90 Å². The molecule has 4 heteroatoms. The molecule has 0 bridgehead atoms. The Hall–Kier alpha value is -2.59. The first-order valence-corrected chi connectivity index (χ1v) is 11.6. The Labute approximate surface area is 194 Å². The summed E-state index contributed by atoms with van der Waals surface area (Å²) >= 11 is 0. The molecule has 1 aliphatic rings. The van der Waals surface area contributed by atoms with Crippen molar-refractivity contribution in [1.29, 1.82) is 0 Å². The molecule has 0 aromatic heterocycles. The molecule has 1 aromatic carbocycles. The number of nitrogens with zero attached hydrogens (tertiary/aromatic N) is 1. The number of allylic oxidation sites excluding steroid dienone is 6. The largest absolute Gasteiger partial charge is 0.496 e. The number of hydrogen-bond donors (Lipinski definition) is 0. The molecule has 174 valence electrons. The third kappa shape index (κ3) is 8.16. The van der Waals surface area contributed by atoms with Crippen molar-refractivity contribution >= 4 is 12.0 Å². The quantitative estimate of drug-likeness (QED) is 0.265. The summed E-state index contributed by atoms with van der Waals surface area (Å²) in [6.07, 6.45) is 15.6. The minimum Gasteiger partial charge on any atom is -0.496 e. The lowest BCUT2D eigenvalue weighted by molar-refractivity contribution is -0.138. The number of piperidine rings is 1. The minimum absolute atomic E-state index is 0.273. The first kappa shape index (κ1) is 25.7. The lowest BCUT2D eigenvalue weighted by Crippen LogP contribution is -2.33. The van der Waals surface area contributed by atoms with Gasteiger partial charge in [0.15, 0.2) is 0 Å². The Morgan fingerprint density at radius 1 is 1.03 bits per heavy atom. The summed E-state index contributed by atoms with van der Waals surface area (Å²) < 4.78 is 10.8. The maximum Gasteiger partial charge on any atom is 0.331 e. The van der Waals surface area contributed by atoms with E-state index in [1.54, 1.807) is 13.2 Å². The molecule has 1 saturated heterocycles. The normalized spacial score (nSPS) is 16.2. The van der Waals surface area contributed by atoms with Crippen molar-refractivity contribution < 1.29 is 14.3 Å². The summed E-state index contributed by atoms with van der Waals surface area (Å²) in [4.78, 5) is 14.4. The molecule has 0 radical (unpaired) electrons. The van der Waals surface area contributed by atoms with Crippen molar-refractivity contribution in [2.24, 2.45) is 0 Å². The Balaban J connectivity index is 1.87. The Bertz CT molecular complexity index is 900. The molecule has 1 heterocycles. The zero-order valence-electron chi connectivity index (χ0n) is 20.7. The van der Waals surface area contributed by atoms with Gasteiger partial charge in [-0.05, 0) is 94.4 Å². The summed E-state index contributed by atoms with van der Waals surface area (Å²) in [7, 11) is 1.71. The molecule has 0 aliphatic carbocycles. The molecule has 2 rings (SSSR count). The Morgan fingerprint density at radius 2 is 1.75 bits per heavy atom. The highest BCUT2D eigenvalue weighted by molar-refractivity contribution is 5.83. The fourth-order valence-electron chi connectivity index (χ4n) is 3.89. The first-order valence-electron chi connectivity index (χ1n) is 11.6. The predicted molar refractivity (Wildman–Crippen MR) is 134 cm³/mol. The summed E-state index contributed by atoms with van der Waals surface area (Å²) in [6.45, 7) is 13.8. The SMILES string of the molecule is COc1cc(C)c(/C=C/C(C)=C/C=C/C(C)=C/C(=O)OCCN2CCCCC2)c(C)c1C. The van der Waals surface area contributed by atoms with Crippen molar-refractivity contribution in [3.63, 3.8) is 0 Å². The third-order valence-corrected chi connectivity index (χ3v) is 6.01. The number of likely N-dealkylation sites (tertiary alicyclic amines) is 1. The average molecular weight is 438 g/mol. The molecule has 0 unspecified atom stereocenters. The van der Waals surface area contributed by atoms with Gasteiger partial charge in [0.05, 0.1) is 7.11 Å². The van der Waals surface area contributed by atoms with Crippen molar-refractivity contribution in [2.75, 3.05) is 33.4 Å². The van der Waals surface area contributed by atoms with E-state index in [2.05, 4.69) is 50.8 Å². The number of aryl methyl sites for hydroxylation is 1. The smallest absolute Gasteiger partial charge is 0.331 e. The topological polar surface area (TPSA) is 38.8 Å². The molecular weight excluding hydrogens is 398 g/mol. The van der Waals surface area contributed by atoms with E-state index in [9.17, 15) is 4.79 Å². The third-order valence-electron chi connectivity index (χ3n) is 6.01. The molecule has 0 saturated carbocycles. The fraction of sp³-hybridized carbons (Fsp3) is 0.464. The number of ether oxygens (including phenoxy) is 2. The number of rotatable bonds is 9. The highest BCUT2D eigenvalue weighted by atomic mass is 16.5. The van der Waals surface area contributed by atoms with Crippen LogP contribution in [0.2, 0.25) is 0 Å². The van der Waals surface area contributed by atoms with Crippen LogP contribution in [0.25, 0.3) is 6.08 Å². The monoisotopic (exact) mass is 437 g/mol. The predicted octanol–water partition coefficient (Wildman–Crippen LogP) is 6.11. The number of esters is 1. The number of hydrogen-bond acceptors (Lipinski definition) is 4. The van der Waals surface area contributed by atoms with Gasteiger partial charge in [-0.3, -0.25) is 4.90 Å². The van der Waals surface area contributed by atoms with Gasteiger partial charge in [-0.15, -0.1) is 0 Å². The average Bonchev–Trinajstić information content (AvgIpc) is 2.76. The lowest BCUT2D eigenvalue weighted by Gasteiger charge is -2.25. The number of methoxy groups -OCH3 is 1. The van der Waals surface area contributed by atoms with E-state index in [4.69, 9.17) is 9.47 Å². The lowest BCUT2D eigenvalue weighted by atomic mass is 9.96. The highest BCUT2D eigenvalue weighted by Gasteiger charge is 2.10. The molecule has 32 heavy (non-hydrogen) atoms. The minimum atomic E-state index is -0.273. The van der Waals surface area contributed by atoms with Gasteiger partial charge in [0.2, 0.25) is 0 Å². The molecule has 1 fully saturated rings. The standard InChI is InChI=1S/C28H39NO3/c1-21(13-14-26-23(3)20-27(31-6)25(5)24(26)4)11-10-12-22(2)19-28(30)32-18-17-29-15-8-7-9-16-29/h10-14,19-20H,7-9,15-18H2,1-6H3/b12-10+,14-13+,21-11+,22-19+. The second-order valence-electron chi connectivity index (χ2n) is 8.62. The van der Waals surface area contributed by atoms with Gasteiger partial charge < -0.3 is 9.47 Å². The molecule has 0 atom stereocenters. The van der Waals surface area contributed by atoms with Crippen LogP contribution in [0.5, 0.6) is 5.75 Å². The fourth-order valence-corrected chi connectivity index (χ4v) is 3.89. The maximum atomic E-state index is 12.0. The van der Waals surface area contributed by atoms with E-state index >= 15 is 0 Å². The van der Waals surface area contributed by atoms with Crippen LogP contribution in [0.15, 0.2) is 47.6 Å². The number of benzene rings is 1. The van der Waals surface area contributed by atoms with E-state index in [-0.39, 0.29) is 5.97 Å². The number of carbonyl (C=O) groups is 1. The summed E-state index contributed by atoms with van der Waals surface area (Å²) in [5, 5.41) is 0. The summed E-state index contributed by atoms with van der Waals surface area (Å²) in [5.74, 6) is 0.658. The van der Waals surface area contributed by atoms with Crippen LogP contribution in [0, 0.1) is 20.8 Å². The number of carbonyl (C=O) groups excluding carboxylic acids is 1. The van der Waals surface area contributed by atoms with Crippen LogP contribution in [-0.2, 0) is 9.53 Å². The van der Waals surface area contributed by atoms with Gasteiger partial charge in [-0.25, -0.2) is 4.79 Å². The van der Waals surface area contributed by atoms with E-state index in [0.717, 1.165) is 36.5 Å². The van der Waals surface area contributed by atoms with Crippen LogP contribution < -0.4 is 4.74 Å². The van der Waals surface area contributed by atoms with Gasteiger partial charge in [0.1, 0.15) is 12.4 Å². The van der Waals surface area contributed by atoms with Crippen LogP contribution in [0.1, 0.15) is 55.4 Å². The zero-order chi connectivity index (χ0) is 23.5. The van der Waals surface area contributed by atoms with Crippen LogP contribution >= 0.6 is 0 Å². The van der Waals surface area contributed by atoms with Crippen molar-refractivity contribution in [2.45, 2.75) is 53.9 Å².